The van der Waals surface area contributed by atoms with E-state index in [0.717, 1.165) is 12.1 Å². The van der Waals surface area contributed by atoms with Gasteiger partial charge in [0.1, 0.15) is 0 Å². The number of hydrogen-bond acceptors (Lipinski definition) is 2. The van der Waals surface area contributed by atoms with Gasteiger partial charge in [0.25, 0.3) is 0 Å². The predicted molar refractivity (Wildman–Crippen MR) is 70.3 cm³/mol. The molecule has 0 fully saturated rings. The highest BCUT2D eigenvalue weighted by atomic mass is 14.6. The fourth-order valence-electron chi connectivity index (χ4n) is 1.33. The first-order valence-electron chi connectivity index (χ1n) is 5.23. The van der Waals surface area contributed by atoms with E-state index in [4.69, 9.17) is 11.5 Å². The highest BCUT2D eigenvalue weighted by Gasteiger charge is 1.99. The second kappa shape index (κ2) is 5.81. The highest BCUT2D eigenvalue weighted by Crippen LogP contribution is 2.17. The molecular formula is C14H18N2. The Morgan fingerprint density at radius 3 is 2.81 bits per heavy atom. The zero-order valence-corrected chi connectivity index (χ0v) is 9.61. The lowest BCUT2D eigenvalue weighted by atomic mass is 10.0. The molecule has 0 aromatic rings. The van der Waals surface area contributed by atoms with Crippen molar-refractivity contribution < 1.29 is 0 Å². The fourth-order valence-corrected chi connectivity index (χ4v) is 1.33. The SMILES string of the molecule is C=C/C(N)=C\C=C(/C)C1=CC=C(N)C=CC1. The molecule has 0 amide bonds. The van der Waals surface area contributed by atoms with Gasteiger partial charge in [-0.05, 0) is 48.8 Å². The van der Waals surface area contributed by atoms with Crippen molar-refractivity contribution in [2.75, 3.05) is 0 Å². The van der Waals surface area contributed by atoms with E-state index in [-0.39, 0.29) is 0 Å². The van der Waals surface area contributed by atoms with Gasteiger partial charge in [0.15, 0.2) is 0 Å². The molecule has 2 nitrogen and oxygen atoms in total. The summed E-state index contributed by atoms with van der Waals surface area (Å²) in [5.41, 5.74) is 15.2. The molecule has 0 spiro atoms. The van der Waals surface area contributed by atoms with Crippen molar-refractivity contribution in [2.24, 2.45) is 11.5 Å². The van der Waals surface area contributed by atoms with E-state index < -0.39 is 0 Å². The van der Waals surface area contributed by atoms with Crippen molar-refractivity contribution >= 4 is 0 Å². The second-order valence-electron chi connectivity index (χ2n) is 3.69. The third-order valence-electron chi connectivity index (χ3n) is 2.39. The molecule has 2 heteroatoms. The predicted octanol–water partition coefficient (Wildman–Crippen LogP) is 2.69. The minimum Gasteiger partial charge on any atom is -0.399 e. The molecule has 1 aliphatic carbocycles. The molecule has 0 radical (unpaired) electrons. The van der Waals surface area contributed by atoms with Crippen molar-refractivity contribution in [1.29, 1.82) is 0 Å². The van der Waals surface area contributed by atoms with Gasteiger partial charge >= 0.3 is 0 Å². The normalized spacial score (nSPS) is 17.6. The first-order chi connectivity index (χ1) is 7.63. The Hall–Kier alpha value is -1.96. The summed E-state index contributed by atoms with van der Waals surface area (Å²) in [5.74, 6) is 0. The van der Waals surface area contributed by atoms with Gasteiger partial charge in [0.2, 0.25) is 0 Å². The van der Waals surface area contributed by atoms with Crippen LogP contribution in [-0.2, 0) is 0 Å². The van der Waals surface area contributed by atoms with Crippen LogP contribution in [0.2, 0.25) is 0 Å². The summed E-state index contributed by atoms with van der Waals surface area (Å²) in [6, 6.07) is 0. The first-order valence-corrected chi connectivity index (χ1v) is 5.23. The topological polar surface area (TPSA) is 52.0 Å². The van der Waals surface area contributed by atoms with Crippen molar-refractivity contribution in [3.8, 4) is 0 Å². The Bertz CT molecular complexity index is 418. The lowest BCUT2D eigenvalue weighted by molar-refractivity contribution is 1.21. The number of rotatable bonds is 3. The Labute approximate surface area is 97.0 Å². The summed E-state index contributed by atoms with van der Waals surface area (Å²) in [6.45, 7) is 5.66. The molecule has 0 aliphatic heterocycles. The highest BCUT2D eigenvalue weighted by molar-refractivity contribution is 5.40. The Balaban J connectivity index is 2.86. The van der Waals surface area contributed by atoms with Gasteiger partial charge in [-0.15, -0.1) is 0 Å². The van der Waals surface area contributed by atoms with E-state index in [2.05, 4.69) is 19.6 Å². The van der Waals surface area contributed by atoms with Gasteiger partial charge in [-0.3, -0.25) is 0 Å². The Kier molecular flexibility index (Phi) is 4.40. The zero-order chi connectivity index (χ0) is 12.0. The summed E-state index contributed by atoms with van der Waals surface area (Å²) in [6.07, 6.45) is 14.3. The molecule has 1 rings (SSSR count). The summed E-state index contributed by atoms with van der Waals surface area (Å²) in [4.78, 5) is 0. The molecule has 0 bridgehead atoms. The summed E-state index contributed by atoms with van der Waals surface area (Å²) in [7, 11) is 0. The van der Waals surface area contributed by atoms with Crippen LogP contribution in [0.15, 0.2) is 71.7 Å². The van der Waals surface area contributed by atoms with Crippen LogP contribution >= 0.6 is 0 Å². The standard InChI is InChI=1S/C14H18N2/c1-3-13(15)9-7-11(2)12-5-4-6-14(16)10-8-12/h3-4,6-10H,1,5,15-16H2,2H3/b11-7+,13-9+. The third kappa shape index (κ3) is 3.65. The van der Waals surface area contributed by atoms with Crippen molar-refractivity contribution in [1.82, 2.24) is 0 Å². The van der Waals surface area contributed by atoms with Crippen LogP contribution in [0.1, 0.15) is 13.3 Å². The molecular weight excluding hydrogens is 196 g/mol. The Morgan fingerprint density at radius 2 is 2.12 bits per heavy atom. The van der Waals surface area contributed by atoms with Gasteiger partial charge in [-0.2, -0.15) is 0 Å². The van der Waals surface area contributed by atoms with Gasteiger partial charge < -0.3 is 11.5 Å². The van der Waals surface area contributed by atoms with Gasteiger partial charge in [0.05, 0.1) is 0 Å². The van der Waals surface area contributed by atoms with Crippen LogP contribution in [0.3, 0.4) is 0 Å². The van der Waals surface area contributed by atoms with Crippen molar-refractivity contribution in [3.05, 3.63) is 71.7 Å². The van der Waals surface area contributed by atoms with Crippen molar-refractivity contribution in [2.45, 2.75) is 13.3 Å². The maximum Gasteiger partial charge on any atom is 0.0310 e. The molecule has 0 aromatic carbocycles. The van der Waals surface area contributed by atoms with E-state index in [0.29, 0.717) is 5.70 Å². The minimum absolute atomic E-state index is 0.666. The summed E-state index contributed by atoms with van der Waals surface area (Å²) < 4.78 is 0. The third-order valence-corrected chi connectivity index (χ3v) is 2.39. The molecule has 0 atom stereocenters. The zero-order valence-electron chi connectivity index (χ0n) is 9.61. The van der Waals surface area contributed by atoms with Crippen LogP contribution in [0.25, 0.3) is 0 Å². The Morgan fingerprint density at radius 1 is 1.38 bits per heavy atom. The van der Waals surface area contributed by atoms with Gasteiger partial charge in [-0.1, -0.05) is 24.8 Å². The quantitative estimate of drug-likeness (QED) is 0.710. The minimum atomic E-state index is 0.666. The molecule has 1 aliphatic rings. The molecule has 0 saturated heterocycles. The molecule has 0 heterocycles. The van der Waals surface area contributed by atoms with Crippen LogP contribution in [-0.4, -0.2) is 0 Å². The number of allylic oxidation sites excluding steroid dienone is 9. The van der Waals surface area contributed by atoms with E-state index in [9.17, 15) is 0 Å². The first kappa shape index (κ1) is 12.1. The monoisotopic (exact) mass is 214 g/mol. The lowest BCUT2D eigenvalue weighted by Crippen LogP contribution is -1.91. The van der Waals surface area contributed by atoms with E-state index >= 15 is 0 Å². The molecule has 84 valence electrons. The van der Waals surface area contributed by atoms with Crippen LogP contribution in [0.5, 0.6) is 0 Å². The average molecular weight is 214 g/mol. The van der Waals surface area contributed by atoms with E-state index in [1.807, 2.05) is 30.4 Å². The summed E-state index contributed by atoms with van der Waals surface area (Å²) in [5, 5.41) is 0. The van der Waals surface area contributed by atoms with Crippen LogP contribution < -0.4 is 11.5 Å². The maximum absolute atomic E-state index is 5.71. The lowest BCUT2D eigenvalue weighted by Gasteiger charge is -2.02. The molecule has 16 heavy (non-hydrogen) atoms. The molecule has 0 unspecified atom stereocenters. The number of hydrogen-bond donors (Lipinski definition) is 2. The smallest absolute Gasteiger partial charge is 0.0310 e. The average Bonchev–Trinajstić information content (AvgIpc) is 2.50. The van der Waals surface area contributed by atoms with E-state index in [1.54, 1.807) is 6.08 Å². The molecule has 0 aromatic heterocycles. The van der Waals surface area contributed by atoms with E-state index in [1.165, 1.54) is 11.1 Å². The summed E-state index contributed by atoms with van der Waals surface area (Å²) >= 11 is 0. The van der Waals surface area contributed by atoms with Crippen molar-refractivity contribution in [3.63, 3.8) is 0 Å². The number of nitrogens with two attached hydrogens (primary N) is 2. The molecule has 4 N–H and O–H groups in total. The second-order valence-corrected chi connectivity index (χ2v) is 3.69. The largest absolute Gasteiger partial charge is 0.399 e. The molecule has 0 saturated carbocycles. The van der Waals surface area contributed by atoms with Gasteiger partial charge in [0, 0.05) is 11.4 Å². The maximum atomic E-state index is 5.71. The van der Waals surface area contributed by atoms with Crippen LogP contribution in [0, 0.1) is 0 Å². The van der Waals surface area contributed by atoms with Crippen LogP contribution in [0.4, 0.5) is 0 Å². The van der Waals surface area contributed by atoms with Gasteiger partial charge in [-0.25, -0.2) is 0 Å². The fraction of sp³-hybridized carbons (Fsp3) is 0.143.